The molecule has 0 unspecified atom stereocenters. The predicted octanol–water partition coefficient (Wildman–Crippen LogP) is 3.11. The summed E-state index contributed by atoms with van der Waals surface area (Å²) in [7, 11) is 0. The quantitative estimate of drug-likeness (QED) is 0.843. The lowest BCUT2D eigenvalue weighted by Crippen LogP contribution is -1.96. The summed E-state index contributed by atoms with van der Waals surface area (Å²) in [4.78, 5) is 4.40. The van der Waals surface area contributed by atoms with Crippen molar-refractivity contribution in [2.45, 2.75) is 6.92 Å². The van der Waals surface area contributed by atoms with E-state index in [1.165, 1.54) is 0 Å². The molecule has 82 valence electrons. The molecule has 4 heteroatoms. The molecular weight excluding hydrogens is 268 g/mol. The van der Waals surface area contributed by atoms with Crippen molar-refractivity contribution < 1.29 is 5.11 Å². The minimum absolute atomic E-state index is 0.231. The lowest BCUT2D eigenvalue weighted by molar-refractivity contribution is 0.475. The van der Waals surface area contributed by atoms with E-state index in [1.807, 2.05) is 13.0 Å². The first-order valence-corrected chi connectivity index (χ1v) is 5.59. The molecule has 0 aliphatic carbocycles. The second-order valence-corrected chi connectivity index (χ2v) is 4.41. The van der Waals surface area contributed by atoms with E-state index in [0.29, 0.717) is 5.69 Å². The number of benzene rings is 1. The monoisotopic (exact) mass is 278 g/mol. The van der Waals surface area contributed by atoms with Crippen LogP contribution in [0.15, 0.2) is 34.8 Å². The minimum Gasteiger partial charge on any atom is -0.508 e. The topological polar surface area (TPSA) is 59.1 Å². The third-order valence-corrected chi connectivity index (χ3v) is 2.93. The van der Waals surface area contributed by atoms with Crippen molar-refractivity contribution in [3.05, 3.63) is 40.5 Å². The molecule has 0 fully saturated rings. The number of phenols is 1. The van der Waals surface area contributed by atoms with Crippen LogP contribution in [0.5, 0.6) is 5.75 Å². The number of hydrogen-bond acceptors (Lipinski definition) is 3. The average molecular weight is 279 g/mol. The maximum absolute atomic E-state index is 9.22. The van der Waals surface area contributed by atoms with Gasteiger partial charge in [-0.3, -0.25) is 4.98 Å². The second-order valence-electron chi connectivity index (χ2n) is 3.55. The highest BCUT2D eigenvalue weighted by molar-refractivity contribution is 9.10. The fraction of sp³-hybridized carbons (Fsp3) is 0.0833. The molecule has 2 aromatic rings. The van der Waals surface area contributed by atoms with E-state index in [-0.39, 0.29) is 5.75 Å². The number of aromatic nitrogens is 1. The van der Waals surface area contributed by atoms with Crippen molar-refractivity contribution in [2.24, 2.45) is 0 Å². The maximum atomic E-state index is 9.22. The highest BCUT2D eigenvalue weighted by Crippen LogP contribution is 2.31. The molecule has 0 aliphatic heterocycles. The minimum atomic E-state index is 0.231. The molecule has 1 aromatic carbocycles. The van der Waals surface area contributed by atoms with E-state index in [0.717, 1.165) is 21.4 Å². The van der Waals surface area contributed by atoms with Crippen LogP contribution >= 0.6 is 15.9 Å². The van der Waals surface area contributed by atoms with Gasteiger partial charge in [-0.2, -0.15) is 0 Å². The van der Waals surface area contributed by atoms with Gasteiger partial charge in [0.05, 0.1) is 11.4 Å². The number of nitrogens with zero attached hydrogens (tertiary/aromatic N) is 1. The summed E-state index contributed by atoms with van der Waals surface area (Å²) in [6, 6.07) is 8.69. The summed E-state index contributed by atoms with van der Waals surface area (Å²) >= 11 is 3.39. The number of halogens is 1. The zero-order valence-electron chi connectivity index (χ0n) is 8.74. The Balaban J connectivity index is 2.59. The Hall–Kier alpha value is -1.55. The summed E-state index contributed by atoms with van der Waals surface area (Å²) in [6.07, 6.45) is 0. The van der Waals surface area contributed by atoms with Crippen LogP contribution in [0.1, 0.15) is 5.69 Å². The molecule has 0 amide bonds. The van der Waals surface area contributed by atoms with Crippen LogP contribution in [0.25, 0.3) is 11.3 Å². The van der Waals surface area contributed by atoms with Crippen LogP contribution in [0.4, 0.5) is 5.69 Å². The molecule has 0 radical (unpaired) electrons. The largest absolute Gasteiger partial charge is 0.508 e. The zero-order chi connectivity index (χ0) is 11.7. The molecule has 0 saturated carbocycles. The molecule has 0 bridgehead atoms. The van der Waals surface area contributed by atoms with Crippen LogP contribution in [0, 0.1) is 6.92 Å². The molecule has 16 heavy (non-hydrogen) atoms. The Bertz CT molecular complexity index is 523. The fourth-order valence-corrected chi connectivity index (χ4v) is 2.00. The summed E-state index contributed by atoms with van der Waals surface area (Å²) < 4.78 is 0.836. The van der Waals surface area contributed by atoms with Crippen molar-refractivity contribution in [3.8, 4) is 17.0 Å². The number of aromatic hydroxyl groups is 1. The van der Waals surface area contributed by atoms with Crippen LogP contribution < -0.4 is 5.73 Å². The van der Waals surface area contributed by atoms with E-state index in [9.17, 15) is 5.11 Å². The van der Waals surface area contributed by atoms with Gasteiger partial charge in [-0.1, -0.05) is 0 Å². The van der Waals surface area contributed by atoms with E-state index in [4.69, 9.17) is 5.73 Å². The zero-order valence-corrected chi connectivity index (χ0v) is 10.3. The molecule has 0 saturated heterocycles. The first-order valence-electron chi connectivity index (χ1n) is 4.80. The van der Waals surface area contributed by atoms with Crippen molar-refractivity contribution in [3.63, 3.8) is 0 Å². The Labute approximate surface area is 102 Å². The third kappa shape index (κ3) is 2.02. The van der Waals surface area contributed by atoms with Crippen molar-refractivity contribution in [1.82, 2.24) is 4.98 Å². The number of aryl methyl sites for hydroxylation is 1. The van der Waals surface area contributed by atoms with Crippen LogP contribution in [-0.4, -0.2) is 10.1 Å². The van der Waals surface area contributed by atoms with Crippen molar-refractivity contribution in [1.29, 1.82) is 0 Å². The Morgan fingerprint density at radius 1 is 1.25 bits per heavy atom. The molecule has 0 aliphatic rings. The SMILES string of the molecule is Cc1cc(Br)c(N)c(-c2ccc(O)cc2)n1. The number of rotatable bonds is 1. The maximum Gasteiger partial charge on any atom is 0.115 e. The molecule has 0 atom stereocenters. The van der Waals surface area contributed by atoms with E-state index < -0.39 is 0 Å². The lowest BCUT2D eigenvalue weighted by atomic mass is 10.1. The second kappa shape index (κ2) is 4.14. The molecule has 2 rings (SSSR count). The van der Waals surface area contributed by atoms with Gasteiger partial charge in [-0.05, 0) is 53.2 Å². The lowest BCUT2D eigenvalue weighted by Gasteiger charge is -2.08. The summed E-state index contributed by atoms with van der Waals surface area (Å²) in [5.74, 6) is 0.231. The highest BCUT2D eigenvalue weighted by atomic mass is 79.9. The van der Waals surface area contributed by atoms with Crippen LogP contribution in [-0.2, 0) is 0 Å². The molecule has 3 N–H and O–H groups in total. The third-order valence-electron chi connectivity index (χ3n) is 2.28. The molecular formula is C12H11BrN2O. The van der Waals surface area contributed by atoms with Gasteiger partial charge in [0, 0.05) is 15.7 Å². The van der Waals surface area contributed by atoms with E-state index in [2.05, 4.69) is 20.9 Å². The van der Waals surface area contributed by atoms with Crippen LogP contribution in [0.2, 0.25) is 0 Å². The Morgan fingerprint density at radius 2 is 1.88 bits per heavy atom. The Morgan fingerprint density at radius 3 is 2.50 bits per heavy atom. The van der Waals surface area contributed by atoms with Crippen LogP contribution in [0.3, 0.4) is 0 Å². The van der Waals surface area contributed by atoms with Crippen molar-refractivity contribution in [2.75, 3.05) is 5.73 Å². The van der Waals surface area contributed by atoms with E-state index >= 15 is 0 Å². The van der Waals surface area contributed by atoms with Gasteiger partial charge in [-0.25, -0.2) is 0 Å². The molecule has 1 heterocycles. The Kier molecular flexibility index (Phi) is 2.83. The number of nitrogen functional groups attached to an aromatic ring is 1. The number of pyridine rings is 1. The molecule has 3 nitrogen and oxygen atoms in total. The number of phenolic OH excluding ortho intramolecular Hbond substituents is 1. The first-order chi connectivity index (χ1) is 7.58. The van der Waals surface area contributed by atoms with Gasteiger partial charge < -0.3 is 10.8 Å². The van der Waals surface area contributed by atoms with Gasteiger partial charge in [0.25, 0.3) is 0 Å². The summed E-state index contributed by atoms with van der Waals surface area (Å²) in [5.41, 5.74) is 9.07. The number of hydrogen-bond donors (Lipinski definition) is 2. The predicted molar refractivity (Wildman–Crippen MR) is 68.2 cm³/mol. The summed E-state index contributed by atoms with van der Waals surface area (Å²) in [5, 5.41) is 9.22. The van der Waals surface area contributed by atoms with Gasteiger partial charge >= 0.3 is 0 Å². The smallest absolute Gasteiger partial charge is 0.115 e. The van der Waals surface area contributed by atoms with Gasteiger partial charge in [0.2, 0.25) is 0 Å². The molecule has 1 aromatic heterocycles. The first kappa shape index (κ1) is 11.0. The normalized spacial score (nSPS) is 10.4. The standard InChI is InChI=1S/C12H11BrN2O/c1-7-6-10(13)11(14)12(15-7)8-2-4-9(16)5-3-8/h2-6,16H,14H2,1H3. The molecule has 0 spiro atoms. The fourth-order valence-electron chi connectivity index (χ4n) is 1.48. The average Bonchev–Trinajstić information content (AvgIpc) is 2.25. The van der Waals surface area contributed by atoms with Crippen molar-refractivity contribution >= 4 is 21.6 Å². The number of anilines is 1. The number of nitrogens with two attached hydrogens (primary N) is 1. The van der Waals surface area contributed by atoms with Gasteiger partial charge in [0.1, 0.15) is 5.75 Å². The van der Waals surface area contributed by atoms with Gasteiger partial charge in [0.15, 0.2) is 0 Å². The highest BCUT2D eigenvalue weighted by Gasteiger charge is 2.08. The summed E-state index contributed by atoms with van der Waals surface area (Å²) in [6.45, 7) is 1.91. The van der Waals surface area contributed by atoms with E-state index in [1.54, 1.807) is 24.3 Å². The van der Waals surface area contributed by atoms with Gasteiger partial charge in [-0.15, -0.1) is 0 Å².